The summed E-state index contributed by atoms with van der Waals surface area (Å²) in [6, 6.07) is 7.94. The van der Waals surface area contributed by atoms with Gasteiger partial charge in [-0.05, 0) is 77.0 Å². The van der Waals surface area contributed by atoms with Gasteiger partial charge in [-0.15, -0.1) is 0 Å². The Morgan fingerprint density at radius 3 is 2.32 bits per heavy atom. The molecule has 0 spiro atoms. The molecular formula is C23H36N2O3. The summed E-state index contributed by atoms with van der Waals surface area (Å²) in [5, 5.41) is 2.82. The first-order chi connectivity index (χ1) is 13.3. The van der Waals surface area contributed by atoms with Crippen LogP contribution in [0.15, 0.2) is 24.3 Å². The number of ether oxygens (including phenoxy) is 1. The number of hydrogen-bond donors (Lipinski definition) is 1. The Morgan fingerprint density at radius 2 is 1.75 bits per heavy atom. The predicted octanol–water partition coefficient (Wildman–Crippen LogP) is 4.80. The third-order valence-corrected chi connectivity index (χ3v) is 5.15. The summed E-state index contributed by atoms with van der Waals surface area (Å²) < 4.78 is 5.46. The fourth-order valence-corrected chi connectivity index (χ4v) is 3.58. The Morgan fingerprint density at radius 1 is 1.11 bits per heavy atom. The first kappa shape index (κ1) is 22.3. The van der Waals surface area contributed by atoms with Crippen molar-refractivity contribution in [3.05, 3.63) is 35.4 Å². The third-order valence-electron chi connectivity index (χ3n) is 5.15. The fourth-order valence-electron chi connectivity index (χ4n) is 3.58. The number of nitrogens with one attached hydrogen (secondary N) is 1. The van der Waals surface area contributed by atoms with Crippen molar-refractivity contribution < 1.29 is 14.3 Å². The fraction of sp³-hybridized carbons (Fsp3) is 0.652. The maximum Gasteiger partial charge on any atom is 0.410 e. The van der Waals surface area contributed by atoms with Crippen LogP contribution in [0, 0.1) is 5.92 Å². The van der Waals surface area contributed by atoms with Gasteiger partial charge in [0.2, 0.25) is 0 Å². The zero-order valence-electron chi connectivity index (χ0n) is 17.9. The highest BCUT2D eigenvalue weighted by Crippen LogP contribution is 2.24. The molecule has 2 rings (SSSR count). The summed E-state index contributed by atoms with van der Waals surface area (Å²) in [7, 11) is 0. The molecule has 1 N–H and O–H groups in total. The van der Waals surface area contributed by atoms with Gasteiger partial charge in [-0.25, -0.2) is 4.79 Å². The van der Waals surface area contributed by atoms with E-state index >= 15 is 0 Å². The lowest BCUT2D eigenvalue weighted by atomic mass is 9.91. The summed E-state index contributed by atoms with van der Waals surface area (Å²) in [5.41, 5.74) is 1.58. The van der Waals surface area contributed by atoms with E-state index in [1.54, 1.807) is 0 Å². The molecule has 1 aromatic carbocycles. The van der Waals surface area contributed by atoms with E-state index in [9.17, 15) is 9.59 Å². The molecule has 1 aliphatic rings. The molecule has 2 amide bonds. The monoisotopic (exact) mass is 388 g/mol. The lowest BCUT2D eigenvalue weighted by molar-refractivity contribution is 0.0180. The lowest BCUT2D eigenvalue weighted by Gasteiger charge is -2.33. The number of hydrogen-bond acceptors (Lipinski definition) is 3. The van der Waals surface area contributed by atoms with Crippen LogP contribution in [0.2, 0.25) is 0 Å². The van der Waals surface area contributed by atoms with Crippen molar-refractivity contribution in [3.63, 3.8) is 0 Å². The van der Waals surface area contributed by atoms with Gasteiger partial charge in [-0.2, -0.15) is 0 Å². The molecule has 0 atom stereocenters. The summed E-state index contributed by atoms with van der Waals surface area (Å²) in [4.78, 5) is 25.7. The molecule has 0 bridgehead atoms. The molecule has 1 heterocycles. The normalized spacial score (nSPS) is 15.4. The van der Waals surface area contributed by atoms with Gasteiger partial charge in [0.1, 0.15) is 5.60 Å². The van der Waals surface area contributed by atoms with Crippen LogP contribution in [0.25, 0.3) is 0 Å². The Hall–Kier alpha value is -2.04. The largest absolute Gasteiger partial charge is 0.444 e. The van der Waals surface area contributed by atoms with Crippen LogP contribution in [0.3, 0.4) is 0 Å². The molecule has 1 aromatic rings. The van der Waals surface area contributed by atoms with E-state index in [-0.39, 0.29) is 12.0 Å². The van der Waals surface area contributed by atoms with Crippen molar-refractivity contribution in [2.75, 3.05) is 19.6 Å². The van der Waals surface area contributed by atoms with Crippen molar-refractivity contribution in [2.45, 2.75) is 71.8 Å². The quantitative estimate of drug-likeness (QED) is 0.683. The molecule has 1 fully saturated rings. The maximum atomic E-state index is 12.1. The summed E-state index contributed by atoms with van der Waals surface area (Å²) in [6.07, 6.45) is 6.59. The van der Waals surface area contributed by atoms with Crippen molar-refractivity contribution in [3.8, 4) is 0 Å². The van der Waals surface area contributed by atoms with E-state index in [0.717, 1.165) is 44.3 Å². The van der Waals surface area contributed by atoms with Crippen LogP contribution in [0.4, 0.5) is 4.79 Å². The van der Waals surface area contributed by atoms with Crippen LogP contribution in [-0.4, -0.2) is 42.1 Å². The zero-order valence-corrected chi connectivity index (χ0v) is 17.9. The van der Waals surface area contributed by atoms with Crippen molar-refractivity contribution in [1.82, 2.24) is 10.2 Å². The highest BCUT2D eigenvalue weighted by atomic mass is 16.6. The molecule has 156 valence electrons. The minimum Gasteiger partial charge on any atom is -0.444 e. The van der Waals surface area contributed by atoms with Gasteiger partial charge in [-0.3, -0.25) is 4.79 Å². The molecule has 0 unspecified atom stereocenters. The SMILES string of the molecule is CCNC(=O)c1ccc(CCCCC2CCN(C(=O)OC(C)(C)C)CC2)cc1. The Bertz CT molecular complexity index is 626. The first-order valence-corrected chi connectivity index (χ1v) is 10.6. The number of rotatable bonds is 7. The van der Waals surface area contributed by atoms with Gasteiger partial charge in [0.25, 0.3) is 5.91 Å². The van der Waals surface area contributed by atoms with Crippen LogP contribution < -0.4 is 5.32 Å². The van der Waals surface area contributed by atoms with E-state index in [1.807, 2.05) is 44.7 Å². The van der Waals surface area contributed by atoms with Gasteiger partial charge in [0.05, 0.1) is 0 Å². The van der Waals surface area contributed by atoms with Crippen molar-refractivity contribution in [1.29, 1.82) is 0 Å². The summed E-state index contributed by atoms with van der Waals surface area (Å²) in [5.74, 6) is 0.700. The molecule has 0 saturated carbocycles. The first-order valence-electron chi connectivity index (χ1n) is 10.6. The molecule has 0 aromatic heterocycles. The molecule has 5 nitrogen and oxygen atoms in total. The second-order valence-corrected chi connectivity index (χ2v) is 8.71. The van der Waals surface area contributed by atoms with E-state index in [0.29, 0.717) is 12.5 Å². The predicted molar refractivity (Wildman–Crippen MR) is 113 cm³/mol. The minimum atomic E-state index is -0.425. The third kappa shape index (κ3) is 7.53. The number of likely N-dealkylation sites (tertiary alicyclic amines) is 1. The number of piperidine rings is 1. The van der Waals surface area contributed by atoms with Crippen molar-refractivity contribution >= 4 is 12.0 Å². The van der Waals surface area contributed by atoms with Gasteiger partial charge in [-0.1, -0.05) is 25.0 Å². The van der Waals surface area contributed by atoms with E-state index in [1.165, 1.54) is 18.4 Å². The Labute approximate surface area is 169 Å². The van der Waals surface area contributed by atoms with Gasteiger partial charge in [0.15, 0.2) is 0 Å². The number of benzene rings is 1. The highest BCUT2D eigenvalue weighted by molar-refractivity contribution is 5.94. The number of aryl methyl sites for hydroxylation is 1. The molecule has 0 aliphatic carbocycles. The second-order valence-electron chi connectivity index (χ2n) is 8.71. The number of nitrogens with zero attached hydrogens (tertiary/aromatic N) is 1. The average molecular weight is 389 g/mol. The summed E-state index contributed by atoms with van der Waals surface area (Å²) in [6.45, 7) is 9.91. The minimum absolute atomic E-state index is 0.00762. The van der Waals surface area contributed by atoms with E-state index in [2.05, 4.69) is 17.4 Å². The molecule has 28 heavy (non-hydrogen) atoms. The second kappa shape index (κ2) is 10.5. The van der Waals surface area contributed by atoms with Crippen LogP contribution in [0.1, 0.15) is 75.7 Å². The molecule has 5 heteroatoms. The number of carbonyl (C=O) groups excluding carboxylic acids is 2. The number of carbonyl (C=O) groups is 2. The maximum absolute atomic E-state index is 12.1. The van der Waals surface area contributed by atoms with Gasteiger partial charge >= 0.3 is 6.09 Å². The molecule has 0 radical (unpaired) electrons. The smallest absolute Gasteiger partial charge is 0.410 e. The molecule has 1 saturated heterocycles. The lowest BCUT2D eigenvalue weighted by Crippen LogP contribution is -2.41. The van der Waals surface area contributed by atoms with E-state index in [4.69, 9.17) is 4.74 Å². The number of unbranched alkanes of at least 4 members (excludes halogenated alkanes) is 1. The van der Waals surface area contributed by atoms with Gasteiger partial charge in [0, 0.05) is 25.2 Å². The Kier molecular flexibility index (Phi) is 8.34. The Balaban J connectivity index is 1.63. The topological polar surface area (TPSA) is 58.6 Å². The average Bonchev–Trinajstić information content (AvgIpc) is 2.65. The zero-order chi connectivity index (χ0) is 20.6. The summed E-state index contributed by atoms with van der Waals surface area (Å²) >= 11 is 0. The van der Waals surface area contributed by atoms with Crippen LogP contribution >= 0.6 is 0 Å². The highest BCUT2D eigenvalue weighted by Gasteiger charge is 2.26. The van der Waals surface area contributed by atoms with Crippen molar-refractivity contribution in [2.24, 2.45) is 5.92 Å². The standard InChI is InChI=1S/C23H36N2O3/c1-5-24-21(26)20-12-10-18(11-13-20)8-6-7-9-19-14-16-25(17-15-19)22(27)28-23(2,3)4/h10-13,19H,5-9,14-17H2,1-4H3,(H,24,26). The van der Waals surface area contributed by atoms with Gasteiger partial charge < -0.3 is 15.0 Å². The van der Waals surface area contributed by atoms with E-state index < -0.39 is 5.60 Å². The molecule has 1 aliphatic heterocycles. The number of amides is 2. The van der Waals surface area contributed by atoms with Crippen LogP contribution in [0.5, 0.6) is 0 Å². The molecular weight excluding hydrogens is 352 g/mol. The van der Waals surface area contributed by atoms with Crippen LogP contribution in [-0.2, 0) is 11.2 Å².